The molecule has 18 heavy (non-hydrogen) atoms. The molecule has 0 fully saturated rings. The summed E-state index contributed by atoms with van der Waals surface area (Å²) in [5, 5.41) is 2.69. The average Bonchev–Trinajstić information content (AvgIpc) is 2.25. The van der Waals surface area contributed by atoms with E-state index >= 15 is 0 Å². The molecule has 0 aromatic heterocycles. The van der Waals surface area contributed by atoms with Crippen molar-refractivity contribution in [2.24, 2.45) is 5.92 Å². The fraction of sp³-hybridized carbons (Fsp3) is 0.833. The van der Waals surface area contributed by atoms with Gasteiger partial charge in [-0.15, -0.1) is 23.2 Å². The standard InChI is InChI=1S/C12H22Cl2N2O2/c1-9(2)8-11(15-10(3)17)12(18)16(6-4-13)7-5-14/h9,11H,4-8H2,1-3H3,(H,15,17). The Labute approximate surface area is 119 Å². The Morgan fingerprint density at radius 2 is 1.67 bits per heavy atom. The maximum atomic E-state index is 12.3. The Balaban J connectivity index is 4.71. The van der Waals surface area contributed by atoms with E-state index in [1.807, 2.05) is 13.8 Å². The normalized spacial score (nSPS) is 12.3. The van der Waals surface area contributed by atoms with Crippen LogP contribution in [-0.4, -0.2) is 47.6 Å². The first-order chi connectivity index (χ1) is 8.42. The zero-order chi connectivity index (χ0) is 14.1. The first-order valence-electron chi connectivity index (χ1n) is 6.10. The van der Waals surface area contributed by atoms with Gasteiger partial charge in [-0.25, -0.2) is 0 Å². The van der Waals surface area contributed by atoms with Crippen molar-refractivity contribution in [2.75, 3.05) is 24.8 Å². The number of hydrogen-bond donors (Lipinski definition) is 1. The van der Waals surface area contributed by atoms with Gasteiger partial charge >= 0.3 is 0 Å². The Morgan fingerprint density at radius 1 is 1.17 bits per heavy atom. The van der Waals surface area contributed by atoms with E-state index in [4.69, 9.17) is 23.2 Å². The van der Waals surface area contributed by atoms with Crippen molar-refractivity contribution in [3.05, 3.63) is 0 Å². The lowest BCUT2D eigenvalue weighted by atomic mass is 10.0. The third-order valence-electron chi connectivity index (χ3n) is 2.40. The van der Waals surface area contributed by atoms with Gasteiger partial charge in [-0.2, -0.15) is 0 Å². The second-order valence-corrected chi connectivity index (χ2v) is 5.34. The van der Waals surface area contributed by atoms with Gasteiger partial charge in [0, 0.05) is 31.8 Å². The zero-order valence-electron chi connectivity index (χ0n) is 11.2. The molecule has 0 aromatic rings. The third kappa shape index (κ3) is 7.07. The number of nitrogens with zero attached hydrogens (tertiary/aromatic N) is 1. The van der Waals surface area contributed by atoms with Crippen molar-refractivity contribution in [1.29, 1.82) is 0 Å². The molecule has 2 amide bonds. The van der Waals surface area contributed by atoms with Crippen LogP contribution in [0.3, 0.4) is 0 Å². The summed E-state index contributed by atoms with van der Waals surface area (Å²) in [5.41, 5.74) is 0. The topological polar surface area (TPSA) is 49.4 Å². The van der Waals surface area contributed by atoms with Gasteiger partial charge in [0.2, 0.25) is 11.8 Å². The highest BCUT2D eigenvalue weighted by Crippen LogP contribution is 2.08. The zero-order valence-corrected chi connectivity index (χ0v) is 12.7. The molecule has 0 saturated carbocycles. The molecule has 0 aliphatic heterocycles. The lowest BCUT2D eigenvalue weighted by Gasteiger charge is -2.27. The number of carbonyl (C=O) groups excluding carboxylic acids is 2. The summed E-state index contributed by atoms with van der Waals surface area (Å²) in [6.45, 7) is 6.32. The number of carbonyl (C=O) groups is 2. The molecular formula is C12H22Cl2N2O2. The van der Waals surface area contributed by atoms with E-state index in [1.54, 1.807) is 4.90 Å². The fourth-order valence-corrected chi connectivity index (χ4v) is 2.10. The van der Waals surface area contributed by atoms with Gasteiger partial charge in [-0.1, -0.05) is 13.8 Å². The molecule has 0 aliphatic rings. The fourth-order valence-electron chi connectivity index (χ4n) is 1.69. The van der Waals surface area contributed by atoms with Crippen molar-refractivity contribution >= 4 is 35.0 Å². The number of nitrogens with one attached hydrogen (secondary N) is 1. The molecule has 0 aliphatic carbocycles. The highest BCUT2D eigenvalue weighted by Gasteiger charge is 2.25. The van der Waals surface area contributed by atoms with E-state index in [9.17, 15) is 9.59 Å². The molecule has 106 valence electrons. The second kappa shape index (κ2) is 9.45. The summed E-state index contributed by atoms with van der Waals surface area (Å²) in [5.74, 6) is 0.722. The lowest BCUT2D eigenvalue weighted by Crippen LogP contribution is -2.49. The van der Waals surface area contributed by atoms with E-state index in [2.05, 4.69) is 5.32 Å². The van der Waals surface area contributed by atoms with E-state index in [1.165, 1.54) is 6.92 Å². The van der Waals surface area contributed by atoms with Crippen LogP contribution in [0.25, 0.3) is 0 Å². The van der Waals surface area contributed by atoms with Crippen LogP contribution >= 0.6 is 23.2 Å². The summed E-state index contributed by atoms with van der Waals surface area (Å²) in [6.07, 6.45) is 0.611. The highest BCUT2D eigenvalue weighted by molar-refractivity contribution is 6.18. The number of alkyl halides is 2. The monoisotopic (exact) mass is 296 g/mol. The maximum absolute atomic E-state index is 12.3. The molecule has 0 rings (SSSR count). The Hall–Kier alpha value is -0.480. The minimum Gasteiger partial charge on any atom is -0.345 e. The first-order valence-corrected chi connectivity index (χ1v) is 7.17. The molecule has 0 aromatic carbocycles. The maximum Gasteiger partial charge on any atom is 0.245 e. The van der Waals surface area contributed by atoms with Crippen molar-refractivity contribution in [3.8, 4) is 0 Å². The minimum absolute atomic E-state index is 0.111. The van der Waals surface area contributed by atoms with Gasteiger partial charge in [0.05, 0.1) is 0 Å². The van der Waals surface area contributed by atoms with Crippen LogP contribution in [0.15, 0.2) is 0 Å². The van der Waals surface area contributed by atoms with Gasteiger partial charge in [-0.05, 0) is 12.3 Å². The van der Waals surface area contributed by atoms with E-state index in [0.29, 0.717) is 37.2 Å². The molecule has 0 radical (unpaired) electrons. The predicted octanol–water partition coefficient (Wildman–Crippen LogP) is 1.84. The van der Waals surface area contributed by atoms with Crippen molar-refractivity contribution < 1.29 is 9.59 Å². The molecule has 6 heteroatoms. The number of rotatable bonds is 8. The summed E-state index contributed by atoms with van der Waals surface area (Å²) in [6, 6.07) is -0.492. The van der Waals surface area contributed by atoms with Crippen LogP contribution in [0.2, 0.25) is 0 Å². The van der Waals surface area contributed by atoms with E-state index < -0.39 is 6.04 Å². The molecular weight excluding hydrogens is 275 g/mol. The highest BCUT2D eigenvalue weighted by atomic mass is 35.5. The minimum atomic E-state index is -0.492. The van der Waals surface area contributed by atoms with Gasteiger partial charge < -0.3 is 10.2 Å². The van der Waals surface area contributed by atoms with Gasteiger partial charge in [0.1, 0.15) is 6.04 Å². The largest absolute Gasteiger partial charge is 0.345 e. The Morgan fingerprint density at radius 3 is 2.00 bits per heavy atom. The van der Waals surface area contributed by atoms with Crippen LogP contribution in [0.5, 0.6) is 0 Å². The van der Waals surface area contributed by atoms with Gasteiger partial charge in [-0.3, -0.25) is 9.59 Å². The average molecular weight is 297 g/mol. The van der Waals surface area contributed by atoms with Gasteiger partial charge in [0.15, 0.2) is 0 Å². The summed E-state index contributed by atoms with van der Waals surface area (Å²) in [7, 11) is 0. The molecule has 1 unspecified atom stereocenters. The van der Waals surface area contributed by atoms with Crippen molar-refractivity contribution in [2.45, 2.75) is 33.2 Å². The number of amides is 2. The van der Waals surface area contributed by atoms with Gasteiger partial charge in [0.25, 0.3) is 0 Å². The van der Waals surface area contributed by atoms with E-state index in [0.717, 1.165) is 0 Å². The first kappa shape index (κ1) is 17.5. The molecule has 0 bridgehead atoms. The molecule has 0 saturated heterocycles. The quantitative estimate of drug-likeness (QED) is 0.695. The molecule has 1 atom stereocenters. The van der Waals surface area contributed by atoms with Crippen LogP contribution in [0.4, 0.5) is 0 Å². The molecule has 1 N–H and O–H groups in total. The van der Waals surface area contributed by atoms with Crippen molar-refractivity contribution in [3.63, 3.8) is 0 Å². The number of halogens is 2. The van der Waals surface area contributed by atoms with Crippen LogP contribution in [0, 0.1) is 5.92 Å². The molecule has 0 spiro atoms. The molecule has 0 heterocycles. The summed E-state index contributed by atoms with van der Waals surface area (Å²) >= 11 is 11.3. The SMILES string of the molecule is CC(=O)NC(CC(C)C)C(=O)N(CCCl)CCCl. The third-order valence-corrected chi connectivity index (χ3v) is 2.74. The molecule has 4 nitrogen and oxygen atoms in total. The van der Waals surface area contributed by atoms with Crippen LogP contribution in [0.1, 0.15) is 27.2 Å². The van der Waals surface area contributed by atoms with Crippen LogP contribution in [-0.2, 0) is 9.59 Å². The summed E-state index contributed by atoms with van der Waals surface area (Å²) < 4.78 is 0. The smallest absolute Gasteiger partial charge is 0.245 e. The van der Waals surface area contributed by atoms with Crippen molar-refractivity contribution in [1.82, 2.24) is 10.2 Å². The van der Waals surface area contributed by atoms with E-state index in [-0.39, 0.29) is 11.8 Å². The Bertz CT molecular complexity index is 267. The Kier molecular flexibility index (Phi) is 9.20. The van der Waals surface area contributed by atoms with Crippen LogP contribution < -0.4 is 5.32 Å². The lowest BCUT2D eigenvalue weighted by molar-refractivity contribution is -0.136. The summed E-state index contributed by atoms with van der Waals surface area (Å²) in [4.78, 5) is 25.0. The number of hydrogen-bond acceptors (Lipinski definition) is 2. The predicted molar refractivity (Wildman–Crippen MR) is 75.1 cm³/mol. The second-order valence-electron chi connectivity index (χ2n) is 4.59.